The Hall–Kier alpha value is -1.34. The summed E-state index contributed by atoms with van der Waals surface area (Å²) in [7, 11) is -5.26. The highest BCUT2D eigenvalue weighted by atomic mass is 31.2. The molecule has 26 heteroatoms. The largest absolute Gasteiger partial charge is 0.472 e. The van der Waals surface area contributed by atoms with Crippen LogP contribution in [0, 0.1) is 0 Å². The second-order valence-electron chi connectivity index (χ2n) is 13.8. The first kappa shape index (κ1) is 48.0. The van der Waals surface area contributed by atoms with Crippen molar-refractivity contribution in [2.45, 2.75) is 131 Å². The van der Waals surface area contributed by atoms with Gasteiger partial charge in [-0.3, -0.25) is 9.05 Å². The van der Waals surface area contributed by atoms with Crippen LogP contribution in [0.4, 0.5) is 4.79 Å². The van der Waals surface area contributed by atoms with Crippen molar-refractivity contribution in [3.63, 3.8) is 0 Å². The number of ether oxygens (including phenoxy) is 7. The normalized spacial score (nSPS) is 39.5. The Morgan fingerprint density at radius 2 is 1.33 bits per heavy atom. The topological polar surface area (TPSA) is 398 Å². The van der Waals surface area contributed by atoms with Crippen molar-refractivity contribution in [3.8, 4) is 0 Å². The number of nitrogens with one attached hydrogen (secondary N) is 1. The molecule has 3 aliphatic rings. The van der Waals surface area contributed by atoms with Crippen LogP contribution in [0.25, 0.3) is 0 Å². The number of hydrogen-bond acceptors (Lipinski definition) is 23. The van der Waals surface area contributed by atoms with Gasteiger partial charge in [-0.15, -0.1) is 0 Å². The standard InChI is InChI=1S/C29H55N2O23P/c1-29(2,3)53-28(43)31-5-7-47-55(44,45)54-22-17(40)20(11(35)8-32)49-27(18(22)41)51-23-19(42)25(46-6-4-30)50-21(12(36)9-33)24(23)52-26-16(39)15(38)14(37)13(10-34)48-26/h11-27,32-42H,4-10,30H2,1-3H3,(H,31,43)(H,44,45)/t11-,12-,13-,14-,15+,16-,17-,18+,19+,20-,21-,22+,23-,24-,25+,26+,27-/m1/s1. The summed E-state index contributed by atoms with van der Waals surface area (Å²) in [5, 5.41) is 118. The Labute approximate surface area is 314 Å². The molecule has 3 fully saturated rings. The van der Waals surface area contributed by atoms with Crippen molar-refractivity contribution in [3.05, 3.63) is 0 Å². The highest BCUT2D eigenvalue weighted by molar-refractivity contribution is 7.47. The highest BCUT2D eigenvalue weighted by Crippen LogP contribution is 2.47. The van der Waals surface area contributed by atoms with Gasteiger partial charge in [0.1, 0.15) is 91.1 Å². The van der Waals surface area contributed by atoms with Crippen molar-refractivity contribution in [1.29, 1.82) is 0 Å². The maximum absolute atomic E-state index is 12.9. The molecule has 0 radical (unpaired) electrons. The Morgan fingerprint density at radius 3 is 1.91 bits per heavy atom. The molecular weight excluding hydrogens is 775 g/mol. The van der Waals surface area contributed by atoms with Gasteiger partial charge in [0.15, 0.2) is 18.9 Å². The van der Waals surface area contributed by atoms with E-state index in [4.69, 9.17) is 47.9 Å². The maximum atomic E-state index is 12.9. The number of amides is 1. The van der Waals surface area contributed by atoms with Crippen LogP contribution in [0.1, 0.15) is 20.8 Å². The number of carbonyl (C=O) groups is 1. The summed E-state index contributed by atoms with van der Waals surface area (Å²) in [6.07, 6.45) is -34.5. The lowest BCUT2D eigenvalue weighted by atomic mass is 9.93. The minimum absolute atomic E-state index is 0.113. The van der Waals surface area contributed by atoms with Gasteiger partial charge in [0.2, 0.25) is 0 Å². The first-order valence-corrected chi connectivity index (χ1v) is 18.7. The van der Waals surface area contributed by atoms with Crippen LogP contribution in [0.3, 0.4) is 0 Å². The zero-order valence-electron chi connectivity index (χ0n) is 30.1. The molecule has 0 aromatic rings. The van der Waals surface area contributed by atoms with Gasteiger partial charge in [0.05, 0.1) is 33.0 Å². The summed E-state index contributed by atoms with van der Waals surface area (Å²) in [6.45, 7) is 0.406. The molecule has 1 amide bonds. The molecular formula is C29H55N2O23P. The lowest BCUT2D eigenvalue weighted by Crippen LogP contribution is -2.69. The molecule has 25 nitrogen and oxygen atoms in total. The third-order valence-electron chi connectivity index (χ3n) is 8.38. The minimum atomic E-state index is -5.26. The number of aliphatic hydroxyl groups excluding tert-OH is 11. The van der Waals surface area contributed by atoms with Crippen LogP contribution in [0.5, 0.6) is 0 Å². The summed E-state index contributed by atoms with van der Waals surface area (Å²) in [5.74, 6) is 0. The number of hydrogen-bond donors (Lipinski definition) is 14. The number of rotatable bonds is 18. The molecule has 15 N–H and O–H groups in total. The quantitative estimate of drug-likeness (QED) is 0.0451. The number of carbonyl (C=O) groups excluding carboxylic acids is 1. The summed E-state index contributed by atoms with van der Waals surface area (Å²) in [6, 6.07) is 0. The van der Waals surface area contributed by atoms with Crippen LogP contribution in [-0.4, -0.2) is 223 Å². The van der Waals surface area contributed by atoms with E-state index >= 15 is 0 Å². The Kier molecular flexibility index (Phi) is 18.4. The van der Waals surface area contributed by atoms with Gasteiger partial charge in [0, 0.05) is 13.1 Å². The van der Waals surface area contributed by atoms with Gasteiger partial charge >= 0.3 is 13.9 Å². The van der Waals surface area contributed by atoms with Gasteiger partial charge in [-0.05, 0) is 20.8 Å². The van der Waals surface area contributed by atoms with Crippen LogP contribution >= 0.6 is 7.82 Å². The molecule has 0 bridgehead atoms. The summed E-state index contributed by atoms with van der Waals surface area (Å²) >= 11 is 0. The van der Waals surface area contributed by atoms with Gasteiger partial charge in [-0.1, -0.05) is 0 Å². The van der Waals surface area contributed by atoms with Gasteiger partial charge < -0.3 is 105 Å². The van der Waals surface area contributed by atoms with E-state index in [-0.39, 0.29) is 19.7 Å². The van der Waals surface area contributed by atoms with E-state index < -0.39 is 150 Å². The molecule has 3 heterocycles. The Morgan fingerprint density at radius 1 is 0.764 bits per heavy atom. The summed E-state index contributed by atoms with van der Waals surface area (Å²) in [4.78, 5) is 22.3. The molecule has 55 heavy (non-hydrogen) atoms. The van der Waals surface area contributed by atoms with Crippen LogP contribution in [0.2, 0.25) is 0 Å². The molecule has 3 saturated heterocycles. The van der Waals surface area contributed by atoms with E-state index in [2.05, 4.69) is 5.32 Å². The molecule has 324 valence electrons. The molecule has 0 saturated carbocycles. The van der Waals surface area contributed by atoms with Crippen LogP contribution in [-0.2, 0) is 46.8 Å². The molecule has 3 aliphatic heterocycles. The zero-order valence-corrected chi connectivity index (χ0v) is 31.0. The van der Waals surface area contributed by atoms with E-state index in [0.717, 1.165) is 0 Å². The predicted molar refractivity (Wildman–Crippen MR) is 175 cm³/mol. The van der Waals surface area contributed by atoms with E-state index in [1.807, 2.05) is 0 Å². The molecule has 0 aromatic heterocycles. The molecule has 3 rings (SSSR count). The summed E-state index contributed by atoms with van der Waals surface area (Å²) in [5.41, 5.74) is 4.66. The first-order chi connectivity index (χ1) is 25.7. The van der Waals surface area contributed by atoms with Crippen LogP contribution in [0.15, 0.2) is 0 Å². The fourth-order valence-corrected chi connectivity index (χ4v) is 6.66. The summed E-state index contributed by atoms with van der Waals surface area (Å²) < 4.78 is 61.6. The van der Waals surface area contributed by atoms with Crippen molar-refractivity contribution in [1.82, 2.24) is 5.32 Å². The van der Waals surface area contributed by atoms with E-state index in [0.29, 0.717) is 0 Å². The molecule has 0 spiro atoms. The lowest BCUT2D eigenvalue weighted by Gasteiger charge is -2.50. The van der Waals surface area contributed by atoms with Crippen LogP contribution < -0.4 is 11.1 Å². The number of phosphoric acid groups is 1. The second-order valence-corrected chi connectivity index (χ2v) is 15.2. The Balaban J connectivity index is 1.94. The average molecular weight is 831 g/mol. The fourth-order valence-electron chi connectivity index (χ4n) is 5.72. The van der Waals surface area contributed by atoms with E-state index in [9.17, 15) is 70.4 Å². The lowest BCUT2D eigenvalue weighted by molar-refractivity contribution is -0.392. The van der Waals surface area contributed by atoms with Gasteiger partial charge in [-0.2, -0.15) is 0 Å². The number of aliphatic hydroxyl groups is 11. The number of phosphoric ester groups is 1. The van der Waals surface area contributed by atoms with E-state index in [1.165, 1.54) is 0 Å². The molecule has 0 aromatic carbocycles. The van der Waals surface area contributed by atoms with Crippen molar-refractivity contribution < 1.29 is 113 Å². The third-order valence-corrected chi connectivity index (χ3v) is 9.40. The fraction of sp³-hybridized carbons (Fsp3) is 0.966. The molecule has 1 unspecified atom stereocenters. The van der Waals surface area contributed by atoms with Crippen molar-refractivity contribution >= 4 is 13.9 Å². The maximum Gasteiger partial charge on any atom is 0.472 e. The van der Waals surface area contributed by atoms with Crippen molar-refractivity contribution in [2.24, 2.45) is 5.73 Å². The minimum Gasteiger partial charge on any atom is -0.444 e. The predicted octanol–water partition coefficient (Wildman–Crippen LogP) is -7.20. The van der Waals surface area contributed by atoms with E-state index in [1.54, 1.807) is 20.8 Å². The highest BCUT2D eigenvalue weighted by Gasteiger charge is 2.57. The molecule has 0 aliphatic carbocycles. The zero-order chi connectivity index (χ0) is 41.4. The second kappa shape index (κ2) is 21.1. The SMILES string of the molecule is CC(C)(C)OC(=O)NCCOP(=O)(O)O[C@@H]1[C@H](O)[C@@H](O[C@@H]2[C@H](O)[C@@H](OCCN)O[C@H]([C@H](O)CO)[C@H]2O[C@@H]2O[C@H](CO)[C@@H](O)[C@H](O)[C@H]2O)O[C@H]([C@H](O)CO)[C@H]1O. The smallest absolute Gasteiger partial charge is 0.444 e. The molecule has 18 atom stereocenters. The number of alkyl carbamates (subject to hydrolysis) is 1. The third kappa shape index (κ3) is 12.8. The first-order valence-electron chi connectivity index (χ1n) is 17.2. The average Bonchev–Trinajstić information content (AvgIpc) is 3.12. The van der Waals surface area contributed by atoms with Crippen molar-refractivity contribution in [2.75, 3.05) is 46.1 Å². The number of nitrogens with two attached hydrogens (primary N) is 1. The van der Waals surface area contributed by atoms with Gasteiger partial charge in [-0.25, -0.2) is 9.36 Å². The van der Waals surface area contributed by atoms with Gasteiger partial charge in [0.25, 0.3) is 0 Å². The Bertz CT molecular complexity index is 1220. The monoisotopic (exact) mass is 830 g/mol.